The van der Waals surface area contributed by atoms with E-state index in [1.807, 2.05) is 52.0 Å². The molecule has 0 saturated heterocycles. The molecule has 2 aromatic heterocycles. The zero-order valence-electron chi connectivity index (χ0n) is 15.3. The molecule has 134 valence electrons. The maximum absolute atomic E-state index is 12.4. The zero-order valence-corrected chi connectivity index (χ0v) is 15.3. The van der Waals surface area contributed by atoms with Crippen molar-refractivity contribution in [3.8, 4) is 0 Å². The fraction of sp³-hybridized carbons (Fsp3) is 0.250. The Bertz CT molecular complexity index is 1160. The minimum Gasteiger partial charge on any atom is -0.348 e. The van der Waals surface area contributed by atoms with Crippen molar-refractivity contribution < 1.29 is 0 Å². The number of aryl methyl sites for hydroxylation is 1. The molecule has 0 fully saturated rings. The van der Waals surface area contributed by atoms with Gasteiger partial charge < -0.3 is 15.0 Å². The Morgan fingerprint density at radius 2 is 1.50 bits per heavy atom. The number of aromatic nitrogens is 4. The Morgan fingerprint density at radius 1 is 0.923 bits per heavy atom. The summed E-state index contributed by atoms with van der Waals surface area (Å²) >= 11 is 0. The number of benzene rings is 1. The van der Waals surface area contributed by atoms with E-state index in [2.05, 4.69) is 19.9 Å². The first-order valence-corrected chi connectivity index (χ1v) is 8.40. The molecular weight excluding hydrogens is 328 g/mol. The maximum atomic E-state index is 12.4. The van der Waals surface area contributed by atoms with E-state index >= 15 is 0 Å². The number of H-pyrrole nitrogens is 3. The number of rotatable bonds is 2. The Balaban J connectivity index is 2.12. The second-order valence-electron chi connectivity index (χ2n) is 7.35. The van der Waals surface area contributed by atoms with Crippen molar-refractivity contribution in [2.24, 2.45) is 0 Å². The number of nitrogens with one attached hydrogen (secondary N) is 3. The lowest BCUT2D eigenvalue weighted by molar-refractivity contribution is 0.571. The van der Waals surface area contributed by atoms with Crippen molar-refractivity contribution in [1.82, 2.24) is 19.9 Å². The van der Waals surface area contributed by atoms with Crippen LogP contribution in [-0.2, 0) is 5.41 Å². The van der Waals surface area contributed by atoms with Crippen LogP contribution >= 0.6 is 0 Å². The molecule has 1 aromatic carbocycles. The van der Waals surface area contributed by atoms with E-state index in [1.165, 1.54) is 0 Å². The summed E-state index contributed by atoms with van der Waals surface area (Å²) in [7, 11) is 0. The van der Waals surface area contributed by atoms with Gasteiger partial charge >= 0.3 is 0 Å². The summed E-state index contributed by atoms with van der Waals surface area (Å²) in [6.45, 7) is 8.13. The first-order valence-electron chi connectivity index (χ1n) is 8.40. The van der Waals surface area contributed by atoms with Gasteiger partial charge in [0.1, 0.15) is 10.7 Å². The van der Waals surface area contributed by atoms with Gasteiger partial charge in [0.15, 0.2) is 0 Å². The van der Waals surface area contributed by atoms with Crippen LogP contribution in [0.2, 0.25) is 0 Å². The lowest BCUT2D eigenvalue weighted by Gasteiger charge is -2.16. The van der Waals surface area contributed by atoms with Crippen LogP contribution in [0.15, 0.2) is 40.2 Å². The molecule has 3 aromatic rings. The molecule has 0 aliphatic heterocycles. The average Bonchev–Trinajstić information content (AvgIpc) is 3.03. The quantitative estimate of drug-likeness (QED) is 0.645. The summed E-state index contributed by atoms with van der Waals surface area (Å²) in [5, 5.41) is 0.391. The second-order valence-corrected chi connectivity index (χ2v) is 7.35. The predicted octanol–water partition coefficient (Wildman–Crippen LogP) is 1.05. The Morgan fingerprint density at radius 3 is 2.08 bits per heavy atom. The van der Waals surface area contributed by atoms with Gasteiger partial charge in [-0.2, -0.15) is 0 Å². The highest BCUT2D eigenvalue weighted by Crippen LogP contribution is 2.22. The Labute approximate surface area is 150 Å². The van der Waals surface area contributed by atoms with Gasteiger partial charge in [-0.15, -0.1) is 0 Å². The normalized spacial score (nSPS) is 13.4. The third kappa shape index (κ3) is 3.74. The summed E-state index contributed by atoms with van der Waals surface area (Å²) < 4.78 is 0. The lowest BCUT2D eigenvalue weighted by atomic mass is 9.90. The molecule has 3 rings (SSSR count). The van der Waals surface area contributed by atoms with E-state index in [9.17, 15) is 9.59 Å². The number of hydrogen-bond donors (Lipinski definition) is 3. The van der Waals surface area contributed by atoms with Crippen LogP contribution < -0.4 is 21.8 Å². The minimum atomic E-state index is -0.370. The number of imidazole rings is 1. The molecule has 0 aliphatic rings. The van der Waals surface area contributed by atoms with E-state index in [-0.39, 0.29) is 27.2 Å². The van der Waals surface area contributed by atoms with Gasteiger partial charge in [-0.25, -0.2) is 4.98 Å². The minimum absolute atomic E-state index is 0.158. The molecule has 0 amide bonds. The highest BCUT2D eigenvalue weighted by atomic mass is 16.1. The first-order chi connectivity index (χ1) is 12.2. The molecule has 0 bridgehead atoms. The fourth-order valence-electron chi connectivity index (χ4n) is 2.68. The third-order valence-electron chi connectivity index (χ3n) is 4.07. The maximum Gasteiger partial charge on any atom is 0.272 e. The summed E-state index contributed by atoms with van der Waals surface area (Å²) in [5.74, 6) is 0. The van der Waals surface area contributed by atoms with Gasteiger partial charge in [0, 0.05) is 11.1 Å². The highest BCUT2D eigenvalue weighted by molar-refractivity contribution is 5.49. The number of nitrogens with zero attached hydrogens (tertiary/aromatic N) is 1. The van der Waals surface area contributed by atoms with Gasteiger partial charge in [-0.05, 0) is 24.6 Å². The van der Waals surface area contributed by atoms with Crippen molar-refractivity contribution in [2.45, 2.75) is 33.1 Å². The van der Waals surface area contributed by atoms with E-state index in [0.29, 0.717) is 5.69 Å². The number of hydrogen-bond acceptors (Lipinski definition) is 3. The SMILES string of the molecule is Cc1ccc(/C=c2\[nH]c(=O)/c(=C/c3nc[nH]c3C(C)(C)C)[nH]c2=O)cc1. The number of aromatic amines is 3. The summed E-state index contributed by atoms with van der Waals surface area (Å²) in [6.07, 6.45) is 4.82. The molecule has 0 atom stereocenters. The summed E-state index contributed by atoms with van der Waals surface area (Å²) in [4.78, 5) is 37.4. The monoisotopic (exact) mass is 350 g/mol. The van der Waals surface area contributed by atoms with Crippen LogP contribution in [0.5, 0.6) is 0 Å². The van der Waals surface area contributed by atoms with Crippen LogP contribution in [0.4, 0.5) is 0 Å². The van der Waals surface area contributed by atoms with Crippen molar-refractivity contribution in [3.63, 3.8) is 0 Å². The fourth-order valence-corrected chi connectivity index (χ4v) is 2.68. The van der Waals surface area contributed by atoms with Crippen LogP contribution in [-0.4, -0.2) is 19.9 Å². The standard InChI is InChI=1S/C20H22N4O2/c1-12-5-7-13(8-6-12)9-15-18(25)24-16(19(26)23-15)10-14-17(20(2,3)4)22-11-21-14/h5-11H,1-4H3,(H,21,22)(H,23,26)(H,24,25)/b15-9-,16-10-. The Kier molecular flexibility index (Phi) is 4.50. The van der Waals surface area contributed by atoms with E-state index in [0.717, 1.165) is 16.8 Å². The average molecular weight is 350 g/mol. The summed E-state index contributed by atoms with van der Waals surface area (Å²) in [5.41, 5.74) is 2.62. The second kappa shape index (κ2) is 6.63. The molecular formula is C20H22N4O2. The molecule has 26 heavy (non-hydrogen) atoms. The topological polar surface area (TPSA) is 94.4 Å². The van der Waals surface area contributed by atoms with Gasteiger partial charge in [-0.3, -0.25) is 9.59 Å². The largest absolute Gasteiger partial charge is 0.348 e. The van der Waals surface area contributed by atoms with Gasteiger partial charge in [0.2, 0.25) is 0 Å². The molecule has 0 radical (unpaired) electrons. The summed E-state index contributed by atoms with van der Waals surface area (Å²) in [6, 6.07) is 7.69. The van der Waals surface area contributed by atoms with E-state index in [1.54, 1.807) is 18.5 Å². The lowest BCUT2D eigenvalue weighted by Crippen LogP contribution is -2.46. The molecule has 3 N–H and O–H groups in total. The Hall–Kier alpha value is -3.15. The molecule has 0 unspecified atom stereocenters. The third-order valence-corrected chi connectivity index (χ3v) is 4.07. The smallest absolute Gasteiger partial charge is 0.272 e. The molecule has 0 aliphatic carbocycles. The van der Waals surface area contributed by atoms with Gasteiger partial charge in [0.25, 0.3) is 11.1 Å². The molecule has 0 spiro atoms. The van der Waals surface area contributed by atoms with E-state index in [4.69, 9.17) is 0 Å². The molecule has 0 saturated carbocycles. The van der Waals surface area contributed by atoms with Crippen LogP contribution in [0, 0.1) is 6.92 Å². The van der Waals surface area contributed by atoms with Crippen LogP contribution in [0.25, 0.3) is 12.2 Å². The van der Waals surface area contributed by atoms with Gasteiger partial charge in [0.05, 0.1) is 12.0 Å². The zero-order chi connectivity index (χ0) is 18.9. The molecule has 6 nitrogen and oxygen atoms in total. The van der Waals surface area contributed by atoms with Crippen molar-refractivity contribution in [3.05, 3.63) is 84.5 Å². The van der Waals surface area contributed by atoms with Crippen LogP contribution in [0.3, 0.4) is 0 Å². The molecule has 2 heterocycles. The van der Waals surface area contributed by atoms with Gasteiger partial charge in [-0.1, -0.05) is 50.6 Å². The first kappa shape index (κ1) is 17.7. The van der Waals surface area contributed by atoms with Crippen molar-refractivity contribution >= 4 is 12.2 Å². The highest BCUT2D eigenvalue weighted by Gasteiger charge is 2.19. The van der Waals surface area contributed by atoms with Crippen molar-refractivity contribution in [1.29, 1.82) is 0 Å². The van der Waals surface area contributed by atoms with E-state index < -0.39 is 0 Å². The predicted molar refractivity (Wildman–Crippen MR) is 103 cm³/mol. The van der Waals surface area contributed by atoms with Crippen molar-refractivity contribution in [2.75, 3.05) is 0 Å². The van der Waals surface area contributed by atoms with Crippen LogP contribution in [0.1, 0.15) is 43.3 Å². The molecule has 6 heteroatoms.